The monoisotopic (exact) mass is 709 g/mol. The van der Waals surface area contributed by atoms with Crippen molar-refractivity contribution in [2.45, 2.75) is 41.5 Å². The number of Topliss-reactive ketones (excluding diaryl/α,β-unsaturated/α-hetero) is 1. The van der Waals surface area contributed by atoms with Crippen LogP contribution in [0.5, 0.6) is 5.75 Å². The van der Waals surface area contributed by atoms with E-state index in [1.807, 2.05) is 39.0 Å². The molecule has 0 fully saturated rings. The number of alkyl halides is 2. The van der Waals surface area contributed by atoms with E-state index in [9.17, 15) is 23.9 Å². The summed E-state index contributed by atoms with van der Waals surface area (Å²) in [6.45, 7) is 11.4. The number of furan rings is 1. The zero-order valence-corrected chi connectivity index (χ0v) is 33.1. The summed E-state index contributed by atoms with van der Waals surface area (Å²) in [5.74, 6) is -0.340. The Morgan fingerprint density at radius 2 is 1.57 bits per heavy atom. The van der Waals surface area contributed by atoms with E-state index < -0.39 is 13.1 Å². The second kappa shape index (κ2) is 29.2. The van der Waals surface area contributed by atoms with Crippen LogP contribution in [0.3, 0.4) is 0 Å². The van der Waals surface area contributed by atoms with Gasteiger partial charge in [0, 0.05) is 10.9 Å². The van der Waals surface area contributed by atoms with E-state index in [0.717, 1.165) is 27.7 Å². The number of phenols is 1. The number of carbonyl (C=O) groups is 4. The molecule has 0 bridgehead atoms. The Morgan fingerprint density at radius 3 is 1.98 bits per heavy atom. The van der Waals surface area contributed by atoms with Crippen LogP contribution in [-0.4, -0.2) is 55.0 Å². The molecule has 3 aromatic rings. The number of phenolic OH excluding ortho intramolecular Hbond substituents is 1. The van der Waals surface area contributed by atoms with E-state index in [0.29, 0.717) is 29.9 Å². The smallest absolute Gasteiger partial charge is 1.00 e. The van der Waals surface area contributed by atoms with E-state index in [4.69, 9.17) is 20.6 Å². The quantitative estimate of drug-likeness (QED) is 0.0656. The maximum atomic E-state index is 11.6. The van der Waals surface area contributed by atoms with Crippen LogP contribution in [0.25, 0.3) is 11.0 Å². The van der Waals surface area contributed by atoms with Crippen molar-refractivity contribution in [3.8, 4) is 5.75 Å². The number of esters is 2. The number of fused-ring (bicyclic) bond motifs is 1. The minimum atomic E-state index is -1.00. The van der Waals surface area contributed by atoms with Gasteiger partial charge in [-0.15, -0.1) is 0 Å². The third-order valence-corrected chi connectivity index (χ3v) is 5.00. The minimum absolute atomic E-state index is 0. The second-order valence-electron chi connectivity index (χ2n) is 7.48. The molecule has 1 heterocycles. The fourth-order valence-electron chi connectivity index (χ4n) is 2.86. The van der Waals surface area contributed by atoms with Crippen molar-refractivity contribution in [2.24, 2.45) is 0 Å². The molecule has 0 aliphatic heterocycles. The Kier molecular flexibility index (Phi) is 32.0. The largest absolute Gasteiger partial charge is 1.00 e. The Morgan fingerprint density at radius 1 is 1.07 bits per heavy atom. The average molecular weight is 711 g/mol. The van der Waals surface area contributed by atoms with Crippen LogP contribution >= 0.6 is 15.9 Å². The first-order valence-corrected chi connectivity index (χ1v) is 12.8. The molecule has 0 radical (unpaired) electrons. The van der Waals surface area contributed by atoms with Crippen molar-refractivity contribution in [2.75, 3.05) is 25.7 Å². The van der Waals surface area contributed by atoms with Gasteiger partial charge in [0.05, 0.1) is 27.3 Å². The van der Waals surface area contributed by atoms with Crippen molar-refractivity contribution < 1.29 is 158 Å². The summed E-state index contributed by atoms with van der Waals surface area (Å²) >= 11 is 2.94. The summed E-state index contributed by atoms with van der Waals surface area (Å²) in [6.07, 6.45) is 0. The molecular weight excluding hydrogens is 673 g/mol. The zero-order valence-electron chi connectivity index (χ0n) is 27.2. The van der Waals surface area contributed by atoms with Crippen LogP contribution in [-0.2, 0) is 24.0 Å². The minimum Gasteiger partial charge on any atom is -1.00 e. The molecule has 0 atom stereocenters. The number of aromatic hydroxyl groups is 1. The van der Waals surface area contributed by atoms with E-state index in [1.54, 1.807) is 26.0 Å². The van der Waals surface area contributed by atoms with Crippen LogP contribution < -0.4 is 108 Å². The van der Waals surface area contributed by atoms with E-state index in [-0.39, 0.29) is 128 Å². The first kappa shape index (κ1) is 45.9. The SMILES string of the molecule is CC(=O)c1cc(C)ccc1O.CCOC(=O)CBr.CCOC(=O)c1oc2ccc(C)cc2c1C.O=CO[O-].[2H]CF.[H-].[K+].[K+]. The standard InChI is InChI=1S/C13H14O3.C9H10O2.C4H7BrO2.CH3F.CH2O3.2K.H/c1-4-15-13(14)12-9(3)10-7-8(2)5-6-11(10)16-12;1-6-3-4-9(11)8(5-6)7(2)10;1-2-7-4(6)3-5;1-2;2-1-4-3;;;/h5-7H,4H2,1-3H3;3-5,11H,1-2H3;2-3H2,1H3;1H3;1,3H;;;/q;;;;;2*+1;-1/p-1/i;;;1D;;;;. The molecule has 0 aliphatic carbocycles. The molecule has 10 nitrogen and oxygen atoms in total. The predicted octanol–water partition coefficient (Wildman–Crippen LogP) is -0.785. The van der Waals surface area contributed by atoms with Crippen LogP contribution in [0.15, 0.2) is 40.8 Å². The third kappa shape index (κ3) is 19.7. The summed E-state index contributed by atoms with van der Waals surface area (Å²) in [5, 5.41) is 18.9. The fraction of sp³-hybridized carbons (Fsp3) is 0.357. The second-order valence-corrected chi connectivity index (χ2v) is 8.04. The molecule has 0 unspecified atom stereocenters. The average Bonchev–Trinajstić information content (AvgIpc) is 3.27. The normalized spacial score (nSPS) is 8.93. The van der Waals surface area contributed by atoms with Gasteiger partial charge in [-0.3, -0.25) is 18.8 Å². The number of benzene rings is 2. The number of hydrogen-bond acceptors (Lipinski definition) is 10. The van der Waals surface area contributed by atoms with Gasteiger partial charge in [-0.2, -0.15) is 0 Å². The van der Waals surface area contributed by atoms with Gasteiger partial charge in [0.25, 0.3) is 6.47 Å². The maximum Gasteiger partial charge on any atom is 1.00 e. The van der Waals surface area contributed by atoms with Crippen molar-refractivity contribution in [3.05, 3.63) is 64.4 Å². The Bertz CT molecular complexity index is 1250. The zero-order chi connectivity index (χ0) is 32.0. The van der Waals surface area contributed by atoms with Gasteiger partial charge in [0.2, 0.25) is 5.76 Å². The number of halogens is 2. The molecule has 0 amide bonds. The number of aryl methyl sites for hydroxylation is 3. The van der Waals surface area contributed by atoms with Crippen LogP contribution in [0.2, 0.25) is 0 Å². The van der Waals surface area contributed by atoms with Crippen molar-refractivity contribution in [1.29, 1.82) is 0 Å². The number of ether oxygens (including phenoxy) is 2. The summed E-state index contributed by atoms with van der Waals surface area (Å²) in [5.41, 5.74) is 4.09. The van der Waals surface area contributed by atoms with E-state index in [1.165, 1.54) is 13.0 Å². The first-order chi connectivity index (χ1) is 19.4. The summed E-state index contributed by atoms with van der Waals surface area (Å²) < 4.78 is 30.4. The molecule has 2 aromatic carbocycles. The third-order valence-electron chi connectivity index (χ3n) is 4.54. The van der Waals surface area contributed by atoms with Crippen molar-refractivity contribution in [1.82, 2.24) is 0 Å². The van der Waals surface area contributed by atoms with Crippen LogP contribution in [0.4, 0.5) is 4.39 Å². The van der Waals surface area contributed by atoms with Crippen molar-refractivity contribution >= 4 is 51.1 Å². The number of carbonyl (C=O) groups excluding carboxylic acids is 4. The molecule has 0 spiro atoms. The Balaban J connectivity index is -0.000000159. The summed E-state index contributed by atoms with van der Waals surface area (Å²) in [7, 11) is -1.00. The van der Waals surface area contributed by atoms with Gasteiger partial charge in [-0.05, 0) is 65.8 Å². The number of ketones is 1. The van der Waals surface area contributed by atoms with Gasteiger partial charge in [0.1, 0.15) is 16.7 Å². The topological polar surface area (TPSA) is 152 Å². The first-order valence-electron chi connectivity index (χ1n) is 12.4. The van der Waals surface area contributed by atoms with Gasteiger partial charge in [0.15, 0.2) is 5.78 Å². The van der Waals surface area contributed by atoms with E-state index in [2.05, 4.69) is 25.6 Å². The number of hydrogen-bond donors (Lipinski definition) is 1. The van der Waals surface area contributed by atoms with Crippen LogP contribution in [0.1, 0.15) is 61.2 Å². The summed E-state index contributed by atoms with van der Waals surface area (Å²) in [6, 6.07) is 10.8. The molecule has 42 heavy (non-hydrogen) atoms. The van der Waals surface area contributed by atoms with Gasteiger partial charge in [-0.1, -0.05) is 39.2 Å². The van der Waals surface area contributed by atoms with Gasteiger partial charge < -0.3 is 30.6 Å². The Labute approximate surface area is 341 Å². The molecule has 224 valence electrons. The molecule has 0 aliphatic rings. The number of rotatable bonds is 6. The molecule has 1 aromatic heterocycles. The predicted molar refractivity (Wildman–Crippen MR) is 150 cm³/mol. The maximum absolute atomic E-state index is 11.6. The van der Waals surface area contributed by atoms with Gasteiger partial charge >= 0.3 is 115 Å². The molecule has 1 N–H and O–H groups in total. The van der Waals surface area contributed by atoms with E-state index >= 15 is 0 Å². The summed E-state index contributed by atoms with van der Waals surface area (Å²) in [4.78, 5) is 43.9. The van der Waals surface area contributed by atoms with Crippen LogP contribution in [0, 0.1) is 20.8 Å². The fourth-order valence-corrected chi connectivity index (χ4v) is 3.02. The van der Waals surface area contributed by atoms with Gasteiger partial charge in [-0.25, -0.2) is 4.79 Å². The molecule has 0 saturated heterocycles. The Hall–Kier alpha value is -0.497. The molecule has 0 saturated carbocycles. The molecular formula is C28H36BrFK2O10. The molecule has 3 rings (SSSR count). The van der Waals surface area contributed by atoms with Crippen molar-refractivity contribution in [3.63, 3.8) is 0 Å². The molecule has 14 heteroatoms.